The van der Waals surface area contributed by atoms with Crippen LogP contribution >= 0.6 is 11.6 Å². The highest BCUT2D eigenvalue weighted by Crippen LogP contribution is 2.26. The number of anilines is 1. The Hall–Kier alpha value is -2.23. The number of fused-ring (bicyclic) bond motifs is 1. The number of nitrogens with zero attached hydrogens (tertiary/aromatic N) is 3. The van der Waals surface area contributed by atoms with E-state index in [1.54, 1.807) is 24.4 Å². The zero-order chi connectivity index (χ0) is 19.9. The first-order valence-electron chi connectivity index (χ1n) is 8.67. The molecular weight excluding hydrogens is 410 g/mol. The van der Waals surface area contributed by atoms with Crippen LogP contribution in [0.4, 0.5) is 14.5 Å². The summed E-state index contributed by atoms with van der Waals surface area (Å²) in [5, 5.41) is -0.186. The van der Waals surface area contributed by atoms with Crippen molar-refractivity contribution in [3.05, 3.63) is 59.4 Å². The molecule has 0 radical (unpaired) electrons. The Morgan fingerprint density at radius 1 is 1.21 bits per heavy atom. The molecule has 3 aromatic rings. The number of hydrogen-bond donors (Lipinski definition) is 1. The molecule has 1 aromatic carbocycles. The average Bonchev–Trinajstić information content (AvgIpc) is 3.26. The van der Waals surface area contributed by atoms with Crippen LogP contribution in [0, 0.1) is 17.6 Å². The third-order valence-electron chi connectivity index (χ3n) is 4.82. The van der Waals surface area contributed by atoms with Gasteiger partial charge in [-0.1, -0.05) is 17.7 Å². The highest BCUT2D eigenvalue weighted by atomic mass is 35.5. The molecule has 0 saturated carbocycles. The fourth-order valence-electron chi connectivity index (χ4n) is 3.40. The van der Waals surface area contributed by atoms with E-state index in [2.05, 4.69) is 9.71 Å². The Morgan fingerprint density at radius 2 is 2.04 bits per heavy atom. The lowest BCUT2D eigenvalue weighted by Gasteiger charge is -2.19. The Bertz CT molecular complexity index is 1140. The van der Waals surface area contributed by atoms with E-state index >= 15 is 0 Å². The van der Waals surface area contributed by atoms with Crippen LogP contribution in [-0.2, 0) is 10.0 Å². The molecule has 1 fully saturated rings. The third-order valence-corrected chi connectivity index (χ3v) is 6.64. The van der Waals surface area contributed by atoms with Gasteiger partial charge in [0.2, 0.25) is 0 Å². The van der Waals surface area contributed by atoms with Crippen LogP contribution in [0.25, 0.3) is 5.65 Å². The smallest absolute Gasteiger partial charge is 0.259 e. The molecule has 0 spiro atoms. The van der Waals surface area contributed by atoms with Crippen molar-refractivity contribution in [3.8, 4) is 0 Å². The molecule has 1 saturated heterocycles. The van der Waals surface area contributed by atoms with Gasteiger partial charge in [0.05, 0.1) is 0 Å². The topological polar surface area (TPSA) is 66.7 Å². The number of hydrogen-bond acceptors (Lipinski definition) is 4. The van der Waals surface area contributed by atoms with Gasteiger partial charge in [-0.15, -0.1) is 0 Å². The van der Waals surface area contributed by atoms with Crippen molar-refractivity contribution < 1.29 is 17.2 Å². The van der Waals surface area contributed by atoms with Crippen LogP contribution in [0.2, 0.25) is 5.15 Å². The molecule has 1 unspecified atom stereocenters. The molecule has 28 heavy (non-hydrogen) atoms. The normalized spacial score (nSPS) is 17.5. The predicted molar refractivity (Wildman–Crippen MR) is 102 cm³/mol. The zero-order valence-electron chi connectivity index (χ0n) is 14.6. The fourth-order valence-corrected chi connectivity index (χ4v) is 5.15. The van der Waals surface area contributed by atoms with Gasteiger partial charge >= 0.3 is 0 Å². The number of rotatable bonds is 5. The van der Waals surface area contributed by atoms with Crippen LogP contribution in [-0.4, -0.2) is 37.4 Å². The van der Waals surface area contributed by atoms with Crippen molar-refractivity contribution in [1.82, 2.24) is 14.1 Å². The summed E-state index contributed by atoms with van der Waals surface area (Å²) in [5.41, 5.74) is 1.02. The second kappa shape index (κ2) is 7.31. The van der Waals surface area contributed by atoms with Gasteiger partial charge in [-0.05, 0) is 36.6 Å². The Morgan fingerprint density at radius 3 is 2.82 bits per heavy atom. The number of imidazole rings is 1. The van der Waals surface area contributed by atoms with Crippen LogP contribution in [0.1, 0.15) is 6.42 Å². The van der Waals surface area contributed by atoms with E-state index in [0.29, 0.717) is 24.4 Å². The number of nitrogens with one attached hydrogen (secondary N) is 1. The molecule has 1 aliphatic heterocycles. The predicted octanol–water partition coefficient (Wildman–Crippen LogP) is 3.07. The van der Waals surface area contributed by atoms with E-state index in [0.717, 1.165) is 18.6 Å². The number of aromatic nitrogens is 2. The second-order valence-corrected chi connectivity index (χ2v) is 8.73. The average molecular weight is 427 g/mol. The molecule has 0 bridgehead atoms. The van der Waals surface area contributed by atoms with Crippen molar-refractivity contribution in [2.75, 3.05) is 24.5 Å². The molecule has 6 nitrogen and oxygen atoms in total. The lowest BCUT2D eigenvalue weighted by molar-refractivity contribution is 0.508. The fraction of sp³-hybridized carbons (Fsp3) is 0.278. The van der Waals surface area contributed by atoms with Crippen LogP contribution < -0.4 is 9.62 Å². The summed E-state index contributed by atoms with van der Waals surface area (Å²) in [6.07, 6.45) is 2.31. The monoisotopic (exact) mass is 426 g/mol. The van der Waals surface area contributed by atoms with E-state index in [1.165, 1.54) is 10.5 Å². The lowest BCUT2D eigenvalue weighted by Crippen LogP contribution is -2.32. The molecule has 4 rings (SSSR count). The van der Waals surface area contributed by atoms with E-state index in [4.69, 9.17) is 11.6 Å². The summed E-state index contributed by atoms with van der Waals surface area (Å²) >= 11 is 6.05. The van der Waals surface area contributed by atoms with Crippen molar-refractivity contribution in [2.45, 2.75) is 11.4 Å². The summed E-state index contributed by atoms with van der Waals surface area (Å²) in [6, 6.07) is 8.87. The maximum absolute atomic E-state index is 13.4. The van der Waals surface area contributed by atoms with Crippen molar-refractivity contribution in [2.24, 2.45) is 5.92 Å². The van der Waals surface area contributed by atoms with Crippen LogP contribution in [0.15, 0.2) is 47.6 Å². The first-order chi connectivity index (χ1) is 13.3. The number of sulfonamides is 1. The van der Waals surface area contributed by atoms with E-state index in [-0.39, 0.29) is 22.6 Å². The summed E-state index contributed by atoms with van der Waals surface area (Å²) < 4.78 is 56.1. The maximum Gasteiger partial charge on any atom is 0.259 e. The minimum atomic E-state index is -3.87. The van der Waals surface area contributed by atoms with Gasteiger partial charge in [0.15, 0.2) is 21.8 Å². The summed E-state index contributed by atoms with van der Waals surface area (Å²) in [4.78, 5) is 5.97. The van der Waals surface area contributed by atoms with Crippen LogP contribution in [0.3, 0.4) is 0 Å². The summed E-state index contributed by atoms with van der Waals surface area (Å²) in [5.74, 6) is -1.76. The Balaban J connectivity index is 1.45. The molecule has 0 amide bonds. The van der Waals surface area contributed by atoms with Crippen molar-refractivity contribution in [3.63, 3.8) is 0 Å². The molecule has 148 valence electrons. The highest BCUT2D eigenvalue weighted by molar-refractivity contribution is 7.89. The number of benzene rings is 1. The number of halogens is 3. The SMILES string of the molecule is O=S(=O)(NCC1CCN(c2ccc(F)c(F)c2)C1)c1c(Cl)nc2ccccn12. The largest absolute Gasteiger partial charge is 0.371 e. The van der Waals surface area contributed by atoms with Crippen molar-refractivity contribution in [1.29, 1.82) is 0 Å². The Kier molecular flexibility index (Phi) is 4.98. The quantitative estimate of drug-likeness (QED) is 0.681. The van der Waals surface area contributed by atoms with Gasteiger partial charge < -0.3 is 4.90 Å². The third kappa shape index (κ3) is 3.57. The molecule has 0 aliphatic carbocycles. The first kappa shape index (κ1) is 19.1. The van der Waals surface area contributed by atoms with Gasteiger partial charge in [-0.3, -0.25) is 4.40 Å². The van der Waals surface area contributed by atoms with Crippen molar-refractivity contribution >= 4 is 33.0 Å². The van der Waals surface area contributed by atoms with Gasteiger partial charge in [-0.25, -0.2) is 26.9 Å². The molecule has 3 heterocycles. The van der Waals surface area contributed by atoms with E-state index in [1.807, 2.05) is 4.90 Å². The maximum atomic E-state index is 13.4. The minimum absolute atomic E-state index is 0.0286. The molecule has 10 heteroatoms. The van der Waals surface area contributed by atoms with Crippen LogP contribution in [0.5, 0.6) is 0 Å². The van der Waals surface area contributed by atoms with Gasteiger partial charge in [0, 0.05) is 37.6 Å². The van der Waals surface area contributed by atoms with E-state index in [9.17, 15) is 17.2 Å². The summed E-state index contributed by atoms with van der Waals surface area (Å²) in [7, 11) is -3.87. The standard InChI is InChI=1S/C18H17ClF2N4O2S/c19-17-18(25-7-2-1-3-16(25)23-17)28(26,27)22-10-12-6-8-24(11-12)13-4-5-14(20)15(21)9-13/h1-5,7,9,12,22H,6,8,10-11H2. The highest BCUT2D eigenvalue weighted by Gasteiger charge is 2.28. The molecule has 2 aromatic heterocycles. The molecular formula is C18H17ClF2N4O2S. The second-order valence-electron chi connectivity index (χ2n) is 6.69. The lowest BCUT2D eigenvalue weighted by atomic mass is 10.1. The minimum Gasteiger partial charge on any atom is -0.371 e. The molecule has 1 N–H and O–H groups in total. The summed E-state index contributed by atoms with van der Waals surface area (Å²) in [6.45, 7) is 1.38. The first-order valence-corrected chi connectivity index (χ1v) is 10.5. The van der Waals surface area contributed by atoms with Gasteiger partial charge in [-0.2, -0.15) is 0 Å². The van der Waals surface area contributed by atoms with Gasteiger partial charge in [0.25, 0.3) is 10.0 Å². The zero-order valence-corrected chi connectivity index (χ0v) is 16.2. The Labute approximate surface area is 165 Å². The molecule has 1 atom stereocenters. The van der Waals surface area contributed by atoms with E-state index < -0.39 is 21.7 Å². The molecule has 1 aliphatic rings. The number of pyridine rings is 1. The van der Waals surface area contributed by atoms with Gasteiger partial charge in [0.1, 0.15) is 5.65 Å².